The van der Waals surface area contributed by atoms with Crippen LogP contribution >= 0.6 is 11.8 Å². The zero-order valence-corrected chi connectivity index (χ0v) is 18.7. The Morgan fingerprint density at radius 1 is 1.00 bits per heavy atom. The first kappa shape index (κ1) is 21.2. The molecule has 1 fully saturated rings. The van der Waals surface area contributed by atoms with E-state index in [2.05, 4.69) is 47.1 Å². The van der Waals surface area contributed by atoms with E-state index < -0.39 is 0 Å². The minimum atomic E-state index is 0.223. The Balaban J connectivity index is 1.31. The molecule has 0 aliphatic carbocycles. The SMILES string of the molecule is COc1ccc(CN2CCN(CC(=O)N3CCC(C)Sc4ccccc43)CC2)cc1. The Kier molecular flexibility index (Phi) is 6.97. The van der Waals surface area contributed by atoms with Crippen molar-refractivity contribution in [2.24, 2.45) is 0 Å². The quantitative estimate of drug-likeness (QED) is 0.730. The Hall–Kier alpha value is -2.02. The number of thioether (sulfide) groups is 1. The lowest BCUT2D eigenvalue weighted by molar-refractivity contribution is -0.120. The summed E-state index contributed by atoms with van der Waals surface area (Å²) in [5.74, 6) is 1.12. The molecule has 6 heteroatoms. The molecular weight excluding hydrogens is 394 g/mol. The largest absolute Gasteiger partial charge is 0.497 e. The van der Waals surface area contributed by atoms with Crippen molar-refractivity contribution in [3.63, 3.8) is 0 Å². The number of fused-ring (bicyclic) bond motifs is 1. The fourth-order valence-electron chi connectivity index (χ4n) is 4.12. The molecule has 0 radical (unpaired) electrons. The first-order chi connectivity index (χ1) is 14.6. The van der Waals surface area contributed by atoms with Gasteiger partial charge in [-0.05, 0) is 36.2 Å². The molecule has 0 spiro atoms. The molecule has 2 heterocycles. The third-order valence-corrected chi connectivity index (χ3v) is 7.17. The second-order valence-corrected chi connectivity index (χ2v) is 9.61. The molecular formula is C24H31N3O2S. The van der Waals surface area contributed by atoms with E-state index in [0.717, 1.165) is 57.1 Å². The number of hydrogen-bond acceptors (Lipinski definition) is 5. The van der Waals surface area contributed by atoms with Gasteiger partial charge in [0.1, 0.15) is 5.75 Å². The monoisotopic (exact) mass is 425 g/mol. The number of hydrogen-bond donors (Lipinski definition) is 0. The van der Waals surface area contributed by atoms with Crippen LogP contribution in [0.2, 0.25) is 0 Å². The number of ether oxygens (including phenoxy) is 1. The van der Waals surface area contributed by atoms with Crippen molar-refractivity contribution in [1.82, 2.24) is 9.80 Å². The number of amides is 1. The van der Waals surface area contributed by atoms with Gasteiger partial charge in [0.2, 0.25) is 5.91 Å². The summed E-state index contributed by atoms with van der Waals surface area (Å²) >= 11 is 1.88. The van der Waals surface area contributed by atoms with E-state index in [-0.39, 0.29) is 5.91 Å². The second-order valence-electron chi connectivity index (χ2n) is 8.13. The highest BCUT2D eigenvalue weighted by atomic mass is 32.2. The summed E-state index contributed by atoms with van der Waals surface area (Å²) in [5.41, 5.74) is 2.38. The van der Waals surface area contributed by atoms with Gasteiger partial charge < -0.3 is 9.64 Å². The molecule has 0 saturated carbocycles. The molecule has 1 saturated heterocycles. The van der Waals surface area contributed by atoms with Crippen LogP contribution in [0.1, 0.15) is 18.9 Å². The Morgan fingerprint density at radius 3 is 2.43 bits per heavy atom. The van der Waals surface area contributed by atoms with Gasteiger partial charge in [-0.25, -0.2) is 0 Å². The van der Waals surface area contributed by atoms with Gasteiger partial charge >= 0.3 is 0 Å². The summed E-state index contributed by atoms with van der Waals surface area (Å²) in [4.78, 5) is 21.2. The zero-order chi connectivity index (χ0) is 20.9. The number of carbonyl (C=O) groups excluding carboxylic acids is 1. The van der Waals surface area contributed by atoms with Crippen LogP contribution in [0.5, 0.6) is 5.75 Å². The van der Waals surface area contributed by atoms with Crippen molar-refractivity contribution in [3.8, 4) is 5.75 Å². The van der Waals surface area contributed by atoms with Crippen molar-refractivity contribution >= 4 is 23.4 Å². The Labute approximate surface area is 184 Å². The third kappa shape index (κ3) is 5.17. The number of rotatable bonds is 5. The fourth-order valence-corrected chi connectivity index (χ4v) is 5.23. The average Bonchev–Trinajstić information content (AvgIpc) is 2.94. The van der Waals surface area contributed by atoms with Gasteiger partial charge in [0.05, 0.1) is 19.3 Å². The molecule has 0 N–H and O–H groups in total. The van der Waals surface area contributed by atoms with Crippen LogP contribution in [-0.4, -0.2) is 67.3 Å². The summed E-state index contributed by atoms with van der Waals surface area (Å²) in [5, 5.41) is 0.533. The molecule has 5 nitrogen and oxygen atoms in total. The van der Waals surface area contributed by atoms with E-state index in [9.17, 15) is 4.79 Å². The van der Waals surface area contributed by atoms with Gasteiger partial charge in [-0.1, -0.05) is 31.2 Å². The lowest BCUT2D eigenvalue weighted by atomic mass is 10.2. The summed E-state index contributed by atoms with van der Waals surface area (Å²) in [6.45, 7) is 8.35. The Morgan fingerprint density at radius 2 is 1.70 bits per heavy atom. The van der Waals surface area contributed by atoms with Crippen molar-refractivity contribution < 1.29 is 9.53 Å². The molecule has 2 aromatic carbocycles. The lowest BCUT2D eigenvalue weighted by Gasteiger charge is -2.35. The van der Waals surface area contributed by atoms with E-state index in [1.54, 1.807) is 7.11 Å². The van der Waals surface area contributed by atoms with E-state index in [0.29, 0.717) is 11.8 Å². The van der Waals surface area contributed by atoms with Gasteiger partial charge in [-0.3, -0.25) is 14.6 Å². The van der Waals surface area contributed by atoms with Crippen LogP contribution in [0.4, 0.5) is 5.69 Å². The van der Waals surface area contributed by atoms with E-state index >= 15 is 0 Å². The summed E-state index contributed by atoms with van der Waals surface area (Å²) in [7, 11) is 1.69. The molecule has 1 unspecified atom stereocenters. The smallest absolute Gasteiger partial charge is 0.241 e. The van der Waals surface area contributed by atoms with Crippen molar-refractivity contribution in [3.05, 3.63) is 54.1 Å². The number of piperazine rings is 1. The molecule has 30 heavy (non-hydrogen) atoms. The maximum absolute atomic E-state index is 13.2. The maximum Gasteiger partial charge on any atom is 0.241 e. The number of benzene rings is 2. The fraction of sp³-hybridized carbons (Fsp3) is 0.458. The van der Waals surface area contributed by atoms with Crippen molar-refractivity contribution in [2.75, 3.05) is 51.3 Å². The van der Waals surface area contributed by atoms with E-state index in [1.165, 1.54) is 10.5 Å². The van der Waals surface area contributed by atoms with Crippen LogP contribution in [0, 0.1) is 0 Å². The number of para-hydroxylation sites is 1. The van der Waals surface area contributed by atoms with E-state index in [1.807, 2.05) is 34.9 Å². The highest BCUT2D eigenvalue weighted by Crippen LogP contribution is 2.37. The Bertz CT molecular complexity index is 850. The summed E-state index contributed by atoms with van der Waals surface area (Å²) in [6.07, 6.45) is 1.03. The molecule has 160 valence electrons. The van der Waals surface area contributed by atoms with Crippen LogP contribution < -0.4 is 9.64 Å². The molecule has 1 atom stereocenters. The molecule has 2 aliphatic rings. The molecule has 1 amide bonds. The second kappa shape index (κ2) is 9.86. The predicted octanol–water partition coefficient (Wildman–Crippen LogP) is 3.73. The van der Waals surface area contributed by atoms with Crippen LogP contribution in [-0.2, 0) is 11.3 Å². The highest BCUT2D eigenvalue weighted by Gasteiger charge is 2.26. The lowest BCUT2D eigenvalue weighted by Crippen LogP contribution is -2.50. The minimum absolute atomic E-state index is 0.223. The van der Waals surface area contributed by atoms with Gasteiger partial charge in [0.15, 0.2) is 0 Å². The van der Waals surface area contributed by atoms with Crippen molar-refractivity contribution in [2.45, 2.75) is 30.0 Å². The molecule has 0 aromatic heterocycles. The van der Waals surface area contributed by atoms with Gasteiger partial charge in [0, 0.05) is 49.4 Å². The minimum Gasteiger partial charge on any atom is -0.497 e. The van der Waals surface area contributed by atoms with Gasteiger partial charge in [-0.2, -0.15) is 0 Å². The average molecular weight is 426 g/mol. The zero-order valence-electron chi connectivity index (χ0n) is 17.9. The third-order valence-electron chi connectivity index (χ3n) is 5.93. The maximum atomic E-state index is 13.2. The first-order valence-corrected chi connectivity index (χ1v) is 11.6. The molecule has 2 aliphatic heterocycles. The number of methoxy groups -OCH3 is 1. The number of carbonyl (C=O) groups is 1. The topological polar surface area (TPSA) is 36.0 Å². The molecule has 4 rings (SSSR count). The molecule has 2 aromatic rings. The summed E-state index contributed by atoms with van der Waals surface area (Å²) in [6, 6.07) is 16.6. The van der Waals surface area contributed by atoms with Gasteiger partial charge in [0.25, 0.3) is 0 Å². The van der Waals surface area contributed by atoms with Crippen LogP contribution in [0.15, 0.2) is 53.4 Å². The highest BCUT2D eigenvalue weighted by molar-refractivity contribution is 8.00. The number of anilines is 1. The van der Waals surface area contributed by atoms with Crippen molar-refractivity contribution in [1.29, 1.82) is 0 Å². The number of nitrogens with zero attached hydrogens (tertiary/aromatic N) is 3. The molecule has 0 bridgehead atoms. The van der Waals surface area contributed by atoms with E-state index in [4.69, 9.17) is 4.74 Å². The summed E-state index contributed by atoms with van der Waals surface area (Å²) < 4.78 is 5.24. The first-order valence-electron chi connectivity index (χ1n) is 10.8. The predicted molar refractivity (Wildman–Crippen MR) is 123 cm³/mol. The normalized spacial score (nSPS) is 20.5. The van der Waals surface area contributed by atoms with Crippen LogP contribution in [0.25, 0.3) is 0 Å². The van der Waals surface area contributed by atoms with Crippen LogP contribution in [0.3, 0.4) is 0 Å². The van der Waals surface area contributed by atoms with Gasteiger partial charge in [-0.15, -0.1) is 11.8 Å². The standard InChI is InChI=1S/C24H31N3O2S/c1-19-11-12-27(22-5-3-4-6-23(22)30-19)24(28)18-26-15-13-25(14-16-26)17-20-7-9-21(29-2)10-8-20/h3-10,19H,11-18H2,1-2H3.